The van der Waals surface area contributed by atoms with Gasteiger partial charge in [-0.3, -0.25) is 0 Å². The lowest BCUT2D eigenvalue weighted by atomic mass is 9.76. The molecule has 106 valence electrons. The fourth-order valence-electron chi connectivity index (χ4n) is 3.45. The number of hydrogen-bond donors (Lipinski definition) is 1. The minimum absolute atomic E-state index is 0.235. The number of sulfonamides is 1. The molecule has 2 unspecified atom stereocenters. The minimum Gasteiger partial charge on any atom is -0.332 e. The van der Waals surface area contributed by atoms with Gasteiger partial charge in [-0.1, -0.05) is 19.3 Å². The van der Waals surface area contributed by atoms with E-state index in [-0.39, 0.29) is 5.03 Å². The van der Waals surface area contributed by atoms with Gasteiger partial charge in [0.1, 0.15) is 5.82 Å². The predicted molar refractivity (Wildman–Crippen MR) is 72.1 cm³/mol. The van der Waals surface area contributed by atoms with Crippen LogP contribution in [0.3, 0.4) is 0 Å². The van der Waals surface area contributed by atoms with Crippen molar-refractivity contribution in [3.05, 3.63) is 12.0 Å². The van der Waals surface area contributed by atoms with Crippen molar-refractivity contribution in [1.29, 1.82) is 0 Å². The maximum Gasteiger partial charge on any atom is 0.260 e. The molecule has 1 N–H and O–H groups in total. The highest BCUT2D eigenvalue weighted by Crippen LogP contribution is 2.37. The van der Waals surface area contributed by atoms with E-state index in [0.29, 0.717) is 24.8 Å². The molecule has 0 bridgehead atoms. The summed E-state index contributed by atoms with van der Waals surface area (Å²) < 4.78 is 26.7. The molecule has 5 nitrogen and oxygen atoms in total. The molecule has 1 aromatic rings. The number of nitrogens with zero attached hydrogens (tertiary/aromatic N) is 2. The van der Waals surface area contributed by atoms with Crippen molar-refractivity contribution in [3.8, 4) is 0 Å². The van der Waals surface area contributed by atoms with Crippen molar-refractivity contribution in [2.24, 2.45) is 11.8 Å². The van der Waals surface area contributed by atoms with Crippen molar-refractivity contribution < 1.29 is 8.42 Å². The standard InChI is InChI=1S/C13H21N3O2S/c1-10-14-8-13(15-10)19(17,18)16-7-6-11-4-2-3-5-12(11)9-16/h8,11-12H,2-7,9H2,1H3,(H,14,15). The number of fused-ring (bicyclic) bond motifs is 1. The molecule has 2 fully saturated rings. The molecule has 2 aliphatic rings. The quantitative estimate of drug-likeness (QED) is 0.901. The highest BCUT2D eigenvalue weighted by atomic mass is 32.2. The van der Waals surface area contributed by atoms with E-state index in [9.17, 15) is 8.42 Å². The average Bonchev–Trinajstić information content (AvgIpc) is 2.85. The van der Waals surface area contributed by atoms with Crippen molar-refractivity contribution >= 4 is 10.0 Å². The lowest BCUT2D eigenvalue weighted by Crippen LogP contribution is -2.44. The van der Waals surface area contributed by atoms with Crippen LogP contribution >= 0.6 is 0 Å². The number of rotatable bonds is 2. The summed E-state index contributed by atoms with van der Waals surface area (Å²) in [6.45, 7) is 3.11. The van der Waals surface area contributed by atoms with Crippen molar-refractivity contribution in [2.45, 2.75) is 44.1 Å². The zero-order valence-electron chi connectivity index (χ0n) is 11.3. The van der Waals surface area contributed by atoms with E-state index in [4.69, 9.17) is 0 Å². The summed E-state index contributed by atoms with van der Waals surface area (Å²) in [7, 11) is -3.38. The van der Waals surface area contributed by atoms with Crippen LogP contribution in [-0.4, -0.2) is 35.8 Å². The van der Waals surface area contributed by atoms with Gasteiger partial charge in [-0.15, -0.1) is 0 Å². The van der Waals surface area contributed by atoms with Gasteiger partial charge < -0.3 is 4.98 Å². The van der Waals surface area contributed by atoms with E-state index < -0.39 is 10.0 Å². The fourth-order valence-corrected chi connectivity index (χ4v) is 4.93. The minimum atomic E-state index is -3.38. The molecule has 19 heavy (non-hydrogen) atoms. The topological polar surface area (TPSA) is 66.1 Å². The maximum absolute atomic E-state index is 12.5. The number of aromatic nitrogens is 2. The third-order valence-electron chi connectivity index (χ3n) is 4.55. The zero-order chi connectivity index (χ0) is 13.5. The Morgan fingerprint density at radius 2 is 2.00 bits per heavy atom. The Labute approximate surface area is 114 Å². The zero-order valence-corrected chi connectivity index (χ0v) is 12.1. The van der Waals surface area contributed by atoms with Crippen LogP contribution in [0.15, 0.2) is 11.2 Å². The number of aryl methyl sites for hydroxylation is 1. The van der Waals surface area contributed by atoms with Gasteiger partial charge in [0.25, 0.3) is 10.0 Å². The first-order valence-corrected chi connectivity index (χ1v) is 8.53. The number of aromatic amines is 1. The first kappa shape index (κ1) is 13.1. The Hall–Kier alpha value is -0.880. The van der Waals surface area contributed by atoms with Crippen LogP contribution in [0.25, 0.3) is 0 Å². The smallest absolute Gasteiger partial charge is 0.260 e. The van der Waals surface area contributed by atoms with Crippen molar-refractivity contribution in [2.75, 3.05) is 13.1 Å². The normalized spacial score (nSPS) is 29.1. The molecule has 2 heterocycles. The second-order valence-corrected chi connectivity index (χ2v) is 7.70. The van der Waals surface area contributed by atoms with Crippen LogP contribution in [0.5, 0.6) is 0 Å². The maximum atomic E-state index is 12.5. The van der Waals surface area contributed by atoms with E-state index in [2.05, 4.69) is 9.97 Å². The molecule has 1 aromatic heterocycles. The third-order valence-corrected chi connectivity index (χ3v) is 6.33. The van der Waals surface area contributed by atoms with Crippen LogP contribution < -0.4 is 0 Å². The molecule has 1 saturated heterocycles. The molecule has 0 aromatic carbocycles. The highest BCUT2D eigenvalue weighted by Gasteiger charge is 2.37. The summed E-state index contributed by atoms with van der Waals surface area (Å²) in [4.78, 5) is 6.84. The fraction of sp³-hybridized carbons (Fsp3) is 0.769. The summed E-state index contributed by atoms with van der Waals surface area (Å²) in [5.74, 6) is 1.94. The molecular weight excluding hydrogens is 262 g/mol. The number of nitrogens with one attached hydrogen (secondary N) is 1. The molecule has 2 atom stereocenters. The third kappa shape index (κ3) is 2.43. The van der Waals surface area contributed by atoms with Crippen LogP contribution in [-0.2, 0) is 10.0 Å². The van der Waals surface area contributed by atoms with Crippen LogP contribution in [0.4, 0.5) is 0 Å². The lowest BCUT2D eigenvalue weighted by Gasteiger charge is -2.40. The Morgan fingerprint density at radius 3 is 2.68 bits per heavy atom. The number of piperidine rings is 1. The van der Waals surface area contributed by atoms with Gasteiger partial charge in [0.05, 0.1) is 6.20 Å². The van der Waals surface area contributed by atoms with Crippen LogP contribution in [0, 0.1) is 18.8 Å². The first-order valence-electron chi connectivity index (χ1n) is 7.09. The predicted octanol–water partition coefficient (Wildman–Crippen LogP) is 1.92. The highest BCUT2D eigenvalue weighted by molar-refractivity contribution is 7.89. The van der Waals surface area contributed by atoms with E-state index in [1.165, 1.54) is 31.9 Å². The monoisotopic (exact) mass is 283 g/mol. The van der Waals surface area contributed by atoms with Crippen LogP contribution in [0.2, 0.25) is 0 Å². The van der Waals surface area contributed by atoms with Gasteiger partial charge in [0, 0.05) is 13.1 Å². The Bertz CT molecular complexity index is 552. The molecule has 1 aliphatic carbocycles. The van der Waals surface area contributed by atoms with Gasteiger partial charge in [0.15, 0.2) is 5.03 Å². The van der Waals surface area contributed by atoms with Gasteiger partial charge >= 0.3 is 0 Å². The molecule has 3 rings (SSSR count). The van der Waals surface area contributed by atoms with Gasteiger partial charge in [-0.25, -0.2) is 13.4 Å². The summed E-state index contributed by atoms with van der Waals surface area (Å²) in [5, 5.41) is 0.235. The van der Waals surface area contributed by atoms with E-state index in [0.717, 1.165) is 12.3 Å². The molecule has 0 spiro atoms. The largest absolute Gasteiger partial charge is 0.332 e. The number of hydrogen-bond acceptors (Lipinski definition) is 3. The first-order chi connectivity index (χ1) is 9.07. The van der Waals surface area contributed by atoms with Gasteiger partial charge in [-0.2, -0.15) is 4.31 Å². The van der Waals surface area contributed by atoms with E-state index >= 15 is 0 Å². The molecular formula is C13H21N3O2S. The summed E-state index contributed by atoms with van der Waals surface area (Å²) >= 11 is 0. The average molecular weight is 283 g/mol. The Balaban J connectivity index is 1.79. The van der Waals surface area contributed by atoms with E-state index in [1.54, 1.807) is 11.2 Å². The summed E-state index contributed by atoms with van der Waals surface area (Å²) in [5.41, 5.74) is 0. The van der Waals surface area contributed by atoms with E-state index in [1.807, 2.05) is 0 Å². The van der Waals surface area contributed by atoms with Gasteiger partial charge in [0.2, 0.25) is 0 Å². The number of H-pyrrole nitrogens is 1. The second kappa shape index (κ2) is 4.90. The molecule has 1 saturated carbocycles. The van der Waals surface area contributed by atoms with Gasteiger partial charge in [-0.05, 0) is 31.6 Å². The molecule has 0 radical (unpaired) electrons. The Kier molecular flexibility index (Phi) is 3.39. The molecule has 1 aliphatic heterocycles. The molecule has 6 heteroatoms. The van der Waals surface area contributed by atoms with Crippen molar-refractivity contribution in [1.82, 2.24) is 14.3 Å². The van der Waals surface area contributed by atoms with Crippen LogP contribution in [0.1, 0.15) is 37.9 Å². The lowest BCUT2D eigenvalue weighted by molar-refractivity contribution is 0.136. The number of imidazole rings is 1. The Morgan fingerprint density at radius 1 is 1.26 bits per heavy atom. The SMILES string of the molecule is Cc1ncc(S(=O)(=O)N2CCC3CCCCC3C2)[nH]1. The van der Waals surface area contributed by atoms with Crippen molar-refractivity contribution in [3.63, 3.8) is 0 Å². The second-order valence-electron chi connectivity index (χ2n) is 5.79. The summed E-state index contributed by atoms with van der Waals surface area (Å²) in [6, 6.07) is 0. The summed E-state index contributed by atoms with van der Waals surface area (Å²) in [6.07, 6.45) is 7.46. The molecule has 0 amide bonds.